The van der Waals surface area contributed by atoms with Gasteiger partial charge in [0.05, 0.1) is 0 Å². The van der Waals surface area contributed by atoms with Crippen molar-refractivity contribution in [1.29, 1.82) is 0 Å². The fourth-order valence-corrected chi connectivity index (χ4v) is 3.65. The van der Waals surface area contributed by atoms with Crippen molar-refractivity contribution >= 4 is 0 Å². The third kappa shape index (κ3) is 18.2. The molecule has 0 aromatic rings. The van der Waals surface area contributed by atoms with Crippen molar-refractivity contribution in [3.8, 4) is 0 Å². The number of unbranched alkanes of at least 4 members (excludes halogenated alkanes) is 13. The van der Waals surface area contributed by atoms with Crippen LogP contribution in [-0.4, -0.2) is 0 Å². The smallest absolute Gasteiger partial charge is 0.0414 e. The normalized spacial score (nSPS) is 12.7. The van der Waals surface area contributed by atoms with Crippen LogP contribution in [0.1, 0.15) is 136 Å². The van der Waals surface area contributed by atoms with E-state index in [-0.39, 0.29) is 0 Å². The van der Waals surface area contributed by atoms with Crippen molar-refractivity contribution in [2.75, 3.05) is 0 Å². The summed E-state index contributed by atoms with van der Waals surface area (Å²) in [5.41, 5.74) is 0. The highest BCUT2D eigenvalue weighted by Crippen LogP contribution is 2.24. The van der Waals surface area contributed by atoms with Gasteiger partial charge in [0.15, 0.2) is 0 Å². The first-order valence-electron chi connectivity index (χ1n) is 11.1. The molecule has 23 heavy (non-hydrogen) atoms. The van der Waals surface area contributed by atoms with E-state index in [1.807, 2.05) is 0 Å². The molecule has 0 aromatic heterocycles. The van der Waals surface area contributed by atoms with Crippen LogP contribution in [0.3, 0.4) is 0 Å². The number of rotatable bonds is 19. The van der Waals surface area contributed by atoms with Gasteiger partial charge in [-0.2, -0.15) is 0 Å². The zero-order valence-corrected chi connectivity index (χ0v) is 16.7. The van der Waals surface area contributed by atoms with Gasteiger partial charge in [-0.15, -0.1) is 0 Å². The highest BCUT2D eigenvalue weighted by Gasteiger charge is 2.08. The zero-order chi connectivity index (χ0) is 17.0. The Kier molecular flexibility index (Phi) is 20.0. The van der Waals surface area contributed by atoms with Crippen LogP contribution in [0.15, 0.2) is 0 Å². The number of hydrogen-bond donors (Lipinski definition) is 0. The van der Waals surface area contributed by atoms with E-state index in [0.29, 0.717) is 0 Å². The average molecular weight is 324 g/mol. The lowest BCUT2D eigenvalue weighted by Crippen LogP contribution is -2.01. The first-order valence-corrected chi connectivity index (χ1v) is 11.1. The Bertz CT molecular complexity index is 196. The molecule has 1 radical (unpaired) electrons. The maximum atomic E-state index is 4.00. The SMILES string of the molecule is [CH2]CCCCC(CCCCCCC)CCCCCCCCCC. The van der Waals surface area contributed by atoms with Gasteiger partial charge in [0.2, 0.25) is 0 Å². The molecule has 139 valence electrons. The molecule has 0 aliphatic heterocycles. The number of hydrogen-bond acceptors (Lipinski definition) is 0. The van der Waals surface area contributed by atoms with E-state index in [1.54, 1.807) is 0 Å². The van der Waals surface area contributed by atoms with Gasteiger partial charge < -0.3 is 0 Å². The van der Waals surface area contributed by atoms with Crippen LogP contribution in [0, 0.1) is 12.8 Å². The summed E-state index contributed by atoms with van der Waals surface area (Å²) in [5, 5.41) is 0. The molecule has 0 saturated heterocycles. The van der Waals surface area contributed by atoms with Gasteiger partial charge in [0.25, 0.3) is 0 Å². The van der Waals surface area contributed by atoms with Crippen LogP contribution in [0.2, 0.25) is 0 Å². The summed E-state index contributed by atoms with van der Waals surface area (Å²) in [4.78, 5) is 0. The fraction of sp³-hybridized carbons (Fsp3) is 0.957. The van der Waals surface area contributed by atoms with Crippen molar-refractivity contribution in [2.45, 2.75) is 136 Å². The van der Waals surface area contributed by atoms with Crippen LogP contribution in [0.4, 0.5) is 0 Å². The summed E-state index contributed by atoms with van der Waals surface area (Å²) in [6, 6.07) is 0. The molecule has 1 unspecified atom stereocenters. The summed E-state index contributed by atoms with van der Waals surface area (Å²) in [6.07, 6.45) is 27.2. The maximum Gasteiger partial charge on any atom is -0.0414 e. The first kappa shape index (κ1) is 23.0. The Morgan fingerprint density at radius 3 is 1.22 bits per heavy atom. The van der Waals surface area contributed by atoms with Gasteiger partial charge in [-0.25, -0.2) is 0 Å². The molecule has 0 amide bonds. The fourth-order valence-electron chi connectivity index (χ4n) is 3.65. The maximum absolute atomic E-state index is 4.00. The van der Waals surface area contributed by atoms with Gasteiger partial charge >= 0.3 is 0 Å². The molecule has 0 heteroatoms. The lowest BCUT2D eigenvalue weighted by Gasteiger charge is -2.17. The predicted octanol–water partition coefficient (Wildman–Crippen LogP) is 8.89. The lowest BCUT2D eigenvalue weighted by molar-refractivity contribution is 0.369. The highest BCUT2D eigenvalue weighted by molar-refractivity contribution is 4.62. The molecule has 0 nitrogen and oxygen atoms in total. The molecule has 0 bridgehead atoms. The summed E-state index contributed by atoms with van der Waals surface area (Å²) in [5.74, 6) is 1.02. The highest BCUT2D eigenvalue weighted by atomic mass is 14.1. The van der Waals surface area contributed by atoms with Gasteiger partial charge in [0.1, 0.15) is 0 Å². The van der Waals surface area contributed by atoms with Crippen LogP contribution in [-0.2, 0) is 0 Å². The molecule has 0 N–H and O–H groups in total. The molecular weight excluding hydrogens is 276 g/mol. The summed E-state index contributed by atoms with van der Waals surface area (Å²) in [7, 11) is 0. The average Bonchev–Trinajstić information content (AvgIpc) is 2.56. The van der Waals surface area contributed by atoms with Crippen LogP contribution >= 0.6 is 0 Å². The summed E-state index contributed by atoms with van der Waals surface area (Å²) < 4.78 is 0. The van der Waals surface area contributed by atoms with E-state index in [1.165, 1.54) is 116 Å². The van der Waals surface area contributed by atoms with Gasteiger partial charge in [-0.3, -0.25) is 0 Å². The molecule has 0 fully saturated rings. The Morgan fingerprint density at radius 1 is 0.478 bits per heavy atom. The standard InChI is InChI=1S/C23H47/c1-4-7-10-12-13-14-16-19-22-23(20-17-9-6-3)21-18-15-11-8-5-2/h23H,3-22H2,1-2H3. The van der Waals surface area contributed by atoms with Crippen LogP contribution in [0.25, 0.3) is 0 Å². The lowest BCUT2D eigenvalue weighted by atomic mass is 9.89. The minimum Gasteiger partial charge on any atom is -0.0654 e. The van der Waals surface area contributed by atoms with Crippen molar-refractivity contribution < 1.29 is 0 Å². The van der Waals surface area contributed by atoms with Crippen molar-refractivity contribution in [1.82, 2.24) is 0 Å². The summed E-state index contributed by atoms with van der Waals surface area (Å²) in [6.45, 7) is 8.61. The Morgan fingerprint density at radius 2 is 0.826 bits per heavy atom. The third-order valence-corrected chi connectivity index (χ3v) is 5.29. The Hall–Kier alpha value is 0. The molecule has 0 aromatic carbocycles. The Labute approximate surface area is 149 Å². The molecule has 0 saturated carbocycles. The quantitative estimate of drug-likeness (QED) is 0.208. The van der Waals surface area contributed by atoms with E-state index in [9.17, 15) is 0 Å². The van der Waals surface area contributed by atoms with E-state index >= 15 is 0 Å². The minimum atomic E-state index is 1.02. The molecule has 0 rings (SSSR count). The molecule has 0 aliphatic carbocycles. The van der Waals surface area contributed by atoms with Crippen molar-refractivity contribution in [3.05, 3.63) is 6.92 Å². The summed E-state index contributed by atoms with van der Waals surface area (Å²) >= 11 is 0. The molecule has 0 spiro atoms. The van der Waals surface area contributed by atoms with Gasteiger partial charge in [0, 0.05) is 0 Å². The van der Waals surface area contributed by atoms with Gasteiger partial charge in [-0.1, -0.05) is 143 Å². The second kappa shape index (κ2) is 20.0. The van der Waals surface area contributed by atoms with E-state index < -0.39 is 0 Å². The molecule has 0 aliphatic rings. The third-order valence-electron chi connectivity index (χ3n) is 5.29. The van der Waals surface area contributed by atoms with Gasteiger partial charge in [-0.05, 0) is 5.92 Å². The minimum absolute atomic E-state index is 1.02. The molecular formula is C23H47. The Balaban J connectivity index is 3.61. The van der Waals surface area contributed by atoms with E-state index in [2.05, 4.69) is 20.8 Å². The topological polar surface area (TPSA) is 0 Å². The second-order valence-corrected chi connectivity index (χ2v) is 7.68. The monoisotopic (exact) mass is 323 g/mol. The zero-order valence-electron chi connectivity index (χ0n) is 16.7. The largest absolute Gasteiger partial charge is 0.0654 e. The van der Waals surface area contributed by atoms with Crippen LogP contribution < -0.4 is 0 Å². The molecule has 0 heterocycles. The van der Waals surface area contributed by atoms with Crippen LogP contribution in [0.5, 0.6) is 0 Å². The first-order chi connectivity index (χ1) is 11.3. The van der Waals surface area contributed by atoms with E-state index in [4.69, 9.17) is 0 Å². The van der Waals surface area contributed by atoms with E-state index in [0.717, 1.165) is 12.3 Å². The second-order valence-electron chi connectivity index (χ2n) is 7.68. The molecule has 1 atom stereocenters. The van der Waals surface area contributed by atoms with Crippen molar-refractivity contribution in [2.24, 2.45) is 5.92 Å². The predicted molar refractivity (Wildman–Crippen MR) is 108 cm³/mol. The van der Waals surface area contributed by atoms with Crippen molar-refractivity contribution in [3.63, 3.8) is 0 Å².